The lowest BCUT2D eigenvalue weighted by Crippen LogP contribution is -2.17. The molecule has 2 aromatic carbocycles. The van der Waals surface area contributed by atoms with E-state index in [1.165, 1.54) is 0 Å². The number of aromatic nitrogens is 2. The van der Waals surface area contributed by atoms with E-state index in [1.54, 1.807) is 28.9 Å². The molecular weight excluding hydrogens is 426 g/mol. The molecule has 0 spiro atoms. The fourth-order valence-corrected chi connectivity index (χ4v) is 5.13. The van der Waals surface area contributed by atoms with Gasteiger partial charge in [-0.1, -0.05) is 19.4 Å². The minimum atomic E-state index is -3.26. The number of fused-ring (bicyclic) bond motifs is 1. The van der Waals surface area contributed by atoms with Gasteiger partial charge < -0.3 is 10.1 Å². The van der Waals surface area contributed by atoms with Crippen LogP contribution in [0.15, 0.2) is 42.5 Å². The molecule has 8 heteroatoms. The monoisotopic (exact) mass is 453 g/mol. The second-order valence-corrected chi connectivity index (χ2v) is 10.2. The van der Waals surface area contributed by atoms with E-state index in [9.17, 15) is 13.2 Å². The number of carbonyl (C=O) groups excluding carboxylic acids is 1. The number of amides is 1. The maximum atomic E-state index is 13.0. The molecule has 1 aromatic heterocycles. The van der Waals surface area contributed by atoms with Gasteiger partial charge >= 0.3 is 0 Å². The Labute approximate surface area is 188 Å². The van der Waals surface area contributed by atoms with Crippen molar-refractivity contribution in [1.82, 2.24) is 9.78 Å². The Kier molecular flexibility index (Phi) is 6.06. The Morgan fingerprint density at radius 1 is 1.09 bits per heavy atom. The summed E-state index contributed by atoms with van der Waals surface area (Å²) < 4.78 is 31.6. The standard InChI is InChI=1S/C24H27N3O4S/c1-4-5-12-31-20-10-7-18(8-11-20)24(28)25-23-21-14-32(29,30)15-22(21)26-27(23)19-9-6-16(2)17(3)13-19/h6-11,13H,4-5,12,14-15H2,1-3H3,(H,25,28). The lowest BCUT2D eigenvalue weighted by Gasteiger charge is -2.13. The smallest absolute Gasteiger partial charge is 0.256 e. The summed E-state index contributed by atoms with van der Waals surface area (Å²) in [5, 5.41) is 7.44. The van der Waals surface area contributed by atoms with E-state index in [0.29, 0.717) is 35.0 Å². The fraction of sp³-hybridized carbons (Fsp3) is 0.333. The first-order valence-electron chi connectivity index (χ1n) is 10.7. The van der Waals surface area contributed by atoms with Crippen LogP contribution >= 0.6 is 0 Å². The zero-order chi connectivity index (χ0) is 22.9. The molecule has 0 unspecified atom stereocenters. The number of rotatable bonds is 7. The van der Waals surface area contributed by atoms with Crippen molar-refractivity contribution in [3.8, 4) is 11.4 Å². The molecule has 0 saturated heterocycles. The van der Waals surface area contributed by atoms with E-state index in [-0.39, 0.29) is 17.4 Å². The summed E-state index contributed by atoms with van der Waals surface area (Å²) in [6.45, 7) is 6.76. The summed E-state index contributed by atoms with van der Waals surface area (Å²) in [7, 11) is -3.26. The molecule has 32 heavy (non-hydrogen) atoms. The Hall–Kier alpha value is -3.13. The van der Waals surface area contributed by atoms with Crippen molar-refractivity contribution in [2.45, 2.75) is 45.1 Å². The molecule has 0 radical (unpaired) electrons. The van der Waals surface area contributed by atoms with Crippen molar-refractivity contribution >= 4 is 21.6 Å². The van der Waals surface area contributed by atoms with Crippen molar-refractivity contribution < 1.29 is 17.9 Å². The van der Waals surface area contributed by atoms with Gasteiger partial charge in [0.2, 0.25) is 0 Å². The second kappa shape index (κ2) is 8.78. The van der Waals surface area contributed by atoms with Gasteiger partial charge in [0.1, 0.15) is 11.6 Å². The van der Waals surface area contributed by atoms with E-state index in [4.69, 9.17) is 4.74 Å². The number of unbranched alkanes of at least 4 members (excludes halogenated alkanes) is 1. The largest absolute Gasteiger partial charge is 0.494 e. The molecule has 0 bridgehead atoms. The summed E-state index contributed by atoms with van der Waals surface area (Å²) >= 11 is 0. The summed E-state index contributed by atoms with van der Waals surface area (Å²) in [6, 6.07) is 12.8. The molecule has 4 rings (SSSR count). The van der Waals surface area contributed by atoms with Crippen LogP contribution in [0.4, 0.5) is 5.82 Å². The molecule has 1 aliphatic rings. The molecule has 0 atom stereocenters. The molecule has 7 nitrogen and oxygen atoms in total. The number of ether oxygens (including phenoxy) is 1. The third-order valence-corrected chi connectivity index (χ3v) is 7.08. The van der Waals surface area contributed by atoms with Crippen molar-refractivity contribution in [3.05, 3.63) is 70.4 Å². The maximum absolute atomic E-state index is 13.0. The highest BCUT2D eigenvalue weighted by molar-refractivity contribution is 7.90. The minimum Gasteiger partial charge on any atom is -0.494 e. The Bertz CT molecular complexity index is 1260. The quantitative estimate of drug-likeness (QED) is 0.537. The highest BCUT2D eigenvalue weighted by Gasteiger charge is 2.33. The summed E-state index contributed by atoms with van der Waals surface area (Å²) in [5.41, 5.74) is 4.49. The van der Waals surface area contributed by atoms with Crippen molar-refractivity contribution in [3.63, 3.8) is 0 Å². The van der Waals surface area contributed by atoms with Crippen LogP contribution in [-0.4, -0.2) is 30.7 Å². The Morgan fingerprint density at radius 3 is 2.53 bits per heavy atom. The van der Waals surface area contributed by atoms with E-state index >= 15 is 0 Å². The highest BCUT2D eigenvalue weighted by atomic mass is 32.2. The number of carbonyl (C=O) groups is 1. The van der Waals surface area contributed by atoms with E-state index in [1.807, 2.05) is 32.0 Å². The van der Waals surface area contributed by atoms with Gasteiger partial charge in [-0.2, -0.15) is 5.10 Å². The third-order valence-electron chi connectivity index (χ3n) is 5.64. The summed E-state index contributed by atoms with van der Waals surface area (Å²) in [4.78, 5) is 13.0. The van der Waals surface area contributed by atoms with Gasteiger partial charge in [0, 0.05) is 11.1 Å². The van der Waals surface area contributed by atoms with Crippen LogP contribution in [0.5, 0.6) is 5.75 Å². The number of aryl methyl sites for hydroxylation is 2. The molecular formula is C24H27N3O4S. The zero-order valence-electron chi connectivity index (χ0n) is 18.5. The van der Waals surface area contributed by atoms with Crippen LogP contribution in [0.3, 0.4) is 0 Å². The number of nitrogens with zero attached hydrogens (tertiary/aromatic N) is 2. The number of anilines is 1. The molecule has 0 aliphatic carbocycles. The van der Waals surface area contributed by atoms with Crippen LogP contribution < -0.4 is 10.1 Å². The molecule has 2 heterocycles. The van der Waals surface area contributed by atoms with Gasteiger partial charge in [0.05, 0.1) is 29.5 Å². The van der Waals surface area contributed by atoms with E-state index in [0.717, 1.165) is 29.7 Å². The molecule has 1 N–H and O–H groups in total. The second-order valence-electron chi connectivity index (χ2n) is 8.17. The number of benzene rings is 2. The van der Waals surface area contributed by atoms with E-state index in [2.05, 4.69) is 17.3 Å². The zero-order valence-corrected chi connectivity index (χ0v) is 19.3. The SMILES string of the molecule is CCCCOc1ccc(C(=O)Nc2c3c(nn2-c2ccc(C)c(C)c2)CS(=O)(=O)C3)cc1. The predicted octanol–water partition coefficient (Wildman–Crippen LogP) is 4.35. The highest BCUT2D eigenvalue weighted by Crippen LogP contribution is 2.33. The molecule has 0 fully saturated rings. The molecule has 1 amide bonds. The maximum Gasteiger partial charge on any atom is 0.256 e. The van der Waals surface area contributed by atoms with Gasteiger partial charge in [0.25, 0.3) is 5.91 Å². The molecule has 1 aliphatic heterocycles. The van der Waals surface area contributed by atoms with Crippen LogP contribution in [0.1, 0.15) is 52.5 Å². The van der Waals surface area contributed by atoms with Crippen LogP contribution in [0.25, 0.3) is 5.69 Å². The molecule has 168 valence electrons. The van der Waals surface area contributed by atoms with Gasteiger partial charge in [0.15, 0.2) is 9.84 Å². The van der Waals surface area contributed by atoms with Crippen molar-refractivity contribution in [1.29, 1.82) is 0 Å². The first-order chi connectivity index (χ1) is 15.3. The number of hydrogen-bond donors (Lipinski definition) is 1. The van der Waals surface area contributed by atoms with Gasteiger partial charge in [-0.3, -0.25) is 4.79 Å². The first-order valence-corrected chi connectivity index (χ1v) is 12.5. The number of hydrogen-bond acceptors (Lipinski definition) is 5. The Morgan fingerprint density at radius 2 is 1.84 bits per heavy atom. The van der Waals surface area contributed by atoms with E-state index < -0.39 is 9.84 Å². The van der Waals surface area contributed by atoms with Crippen LogP contribution in [0, 0.1) is 13.8 Å². The van der Waals surface area contributed by atoms with Gasteiger partial charge in [-0.25, -0.2) is 13.1 Å². The first kappa shape index (κ1) is 22.1. The van der Waals surface area contributed by atoms with Gasteiger partial charge in [-0.15, -0.1) is 0 Å². The van der Waals surface area contributed by atoms with Crippen LogP contribution in [0.2, 0.25) is 0 Å². The average Bonchev–Trinajstić information content (AvgIpc) is 3.23. The van der Waals surface area contributed by atoms with Crippen molar-refractivity contribution in [2.75, 3.05) is 11.9 Å². The third kappa shape index (κ3) is 4.55. The van der Waals surface area contributed by atoms with Crippen molar-refractivity contribution in [2.24, 2.45) is 0 Å². The number of sulfone groups is 1. The summed E-state index contributed by atoms with van der Waals surface area (Å²) in [5.74, 6) is 0.529. The lowest BCUT2D eigenvalue weighted by atomic mass is 10.1. The van der Waals surface area contributed by atoms with Gasteiger partial charge in [-0.05, 0) is 67.8 Å². The topological polar surface area (TPSA) is 90.3 Å². The fourth-order valence-electron chi connectivity index (χ4n) is 3.63. The summed E-state index contributed by atoms with van der Waals surface area (Å²) in [6.07, 6.45) is 2.02. The number of nitrogens with one attached hydrogen (secondary N) is 1. The molecule has 3 aromatic rings. The van der Waals surface area contributed by atoms with Crippen LogP contribution in [-0.2, 0) is 21.3 Å². The lowest BCUT2D eigenvalue weighted by molar-refractivity contribution is 0.102. The normalized spacial score (nSPS) is 14.2. The Balaban J connectivity index is 1.64. The predicted molar refractivity (Wildman–Crippen MR) is 124 cm³/mol. The average molecular weight is 454 g/mol. The molecule has 0 saturated carbocycles. The minimum absolute atomic E-state index is 0.118.